The Morgan fingerprint density at radius 3 is 2.19 bits per heavy atom. The second kappa shape index (κ2) is 4.48. The molecule has 1 unspecified atom stereocenters. The van der Waals surface area contributed by atoms with Gasteiger partial charge in [0.05, 0.1) is 11.8 Å². The minimum atomic E-state index is -1.39. The summed E-state index contributed by atoms with van der Waals surface area (Å²) in [6, 6.07) is -1.39. The first-order valence-corrected chi connectivity index (χ1v) is 4.87. The molecule has 1 aliphatic carbocycles. The highest BCUT2D eigenvalue weighted by Crippen LogP contribution is 2.44. The number of aliphatic carboxylic acids is 2. The molecule has 0 bridgehead atoms. The summed E-state index contributed by atoms with van der Waals surface area (Å²) in [5, 5.41) is 19.4. The van der Waals surface area contributed by atoms with Crippen LogP contribution in [0.25, 0.3) is 0 Å². The third-order valence-corrected chi connectivity index (χ3v) is 2.71. The van der Waals surface area contributed by atoms with Crippen LogP contribution < -0.4 is 11.1 Å². The van der Waals surface area contributed by atoms with Crippen molar-refractivity contribution in [2.45, 2.75) is 25.3 Å². The van der Waals surface area contributed by atoms with Crippen molar-refractivity contribution < 1.29 is 24.6 Å². The van der Waals surface area contributed by atoms with Gasteiger partial charge in [-0.25, -0.2) is 4.79 Å². The number of nitrogens with one attached hydrogen (secondary N) is 1. The molecule has 1 rings (SSSR count). The third-order valence-electron chi connectivity index (χ3n) is 2.71. The quantitative estimate of drug-likeness (QED) is 0.452. The Balaban J connectivity index is 2.58. The minimum absolute atomic E-state index is 0.151. The van der Waals surface area contributed by atoms with Crippen LogP contribution in [-0.2, 0) is 14.4 Å². The van der Waals surface area contributed by atoms with Crippen LogP contribution in [-0.4, -0.2) is 40.6 Å². The Labute approximate surface area is 91.6 Å². The van der Waals surface area contributed by atoms with Gasteiger partial charge < -0.3 is 21.3 Å². The molecular formula is C9H14N2O5. The van der Waals surface area contributed by atoms with Crippen molar-refractivity contribution in [3.63, 3.8) is 0 Å². The summed E-state index contributed by atoms with van der Waals surface area (Å²) in [5.74, 6) is -3.10. The van der Waals surface area contributed by atoms with Gasteiger partial charge in [0.25, 0.3) is 0 Å². The predicted molar refractivity (Wildman–Crippen MR) is 52.5 cm³/mol. The largest absolute Gasteiger partial charge is 0.481 e. The molecule has 16 heavy (non-hydrogen) atoms. The SMILES string of the molecule is NCC1(C(=O)NC(CC(=O)O)C(=O)O)CC1. The van der Waals surface area contributed by atoms with Gasteiger partial charge in [0.2, 0.25) is 5.91 Å². The Bertz CT molecular complexity index is 324. The average molecular weight is 230 g/mol. The van der Waals surface area contributed by atoms with Crippen LogP contribution in [0.1, 0.15) is 19.3 Å². The lowest BCUT2D eigenvalue weighted by Gasteiger charge is -2.17. The van der Waals surface area contributed by atoms with E-state index in [9.17, 15) is 14.4 Å². The van der Waals surface area contributed by atoms with Gasteiger partial charge in [-0.3, -0.25) is 9.59 Å². The van der Waals surface area contributed by atoms with Crippen LogP contribution >= 0.6 is 0 Å². The zero-order chi connectivity index (χ0) is 12.3. The van der Waals surface area contributed by atoms with Gasteiger partial charge >= 0.3 is 11.9 Å². The molecule has 0 aliphatic heterocycles. The molecule has 1 atom stereocenters. The van der Waals surface area contributed by atoms with Gasteiger partial charge in [-0.05, 0) is 12.8 Å². The van der Waals surface area contributed by atoms with Crippen molar-refractivity contribution in [2.24, 2.45) is 11.1 Å². The fourth-order valence-corrected chi connectivity index (χ4v) is 1.36. The highest BCUT2D eigenvalue weighted by atomic mass is 16.4. The highest BCUT2D eigenvalue weighted by molar-refractivity contribution is 5.91. The van der Waals surface area contributed by atoms with E-state index in [-0.39, 0.29) is 6.54 Å². The van der Waals surface area contributed by atoms with E-state index in [0.29, 0.717) is 12.8 Å². The minimum Gasteiger partial charge on any atom is -0.481 e. The molecule has 0 aromatic carbocycles. The lowest BCUT2D eigenvalue weighted by Crippen LogP contribution is -2.47. The topological polar surface area (TPSA) is 130 Å². The van der Waals surface area contributed by atoms with Crippen LogP contribution in [0.5, 0.6) is 0 Å². The maximum absolute atomic E-state index is 11.6. The molecule has 1 fully saturated rings. The number of carbonyl (C=O) groups is 3. The summed E-state index contributed by atoms with van der Waals surface area (Å²) >= 11 is 0. The summed E-state index contributed by atoms with van der Waals surface area (Å²) in [5.41, 5.74) is 4.72. The van der Waals surface area contributed by atoms with Gasteiger partial charge in [0.15, 0.2) is 0 Å². The van der Waals surface area contributed by atoms with Crippen molar-refractivity contribution in [3.8, 4) is 0 Å². The Morgan fingerprint density at radius 2 is 1.88 bits per heavy atom. The number of amides is 1. The molecular weight excluding hydrogens is 216 g/mol. The highest BCUT2D eigenvalue weighted by Gasteiger charge is 2.49. The van der Waals surface area contributed by atoms with Crippen molar-refractivity contribution >= 4 is 17.8 Å². The van der Waals surface area contributed by atoms with Gasteiger partial charge in [-0.1, -0.05) is 0 Å². The zero-order valence-corrected chi connectivity index (χ0v) is 8.60. The first-order chi connectivity index (χ1) is 7.41. The second-order valence-electron chi connectivity index (χ2n) is 3.95. The van der Waals surface area contributed by atoms with Gasteiger partial charge in [0.1, 0.15) is 6.04 Å². The van der Waals surface area contributed by atoms with Crippen LogP contribution in [0.4, 0.5) is 0 Å². The van der Waals surface area contributed by atoms with E-state index < -0.39 is 35.7 Å². The van der Waals surface area contributed by atoms with Crippen molar-refractivity contribution in [3.05, 3.63) is 0 Å². The van der Waals surface area contributed by atoms with Gasteiger partial charge in [-0.15, -0.1) is 0 Å². The van der Waals surface area contributed by atoms with Crippen molar-refractivity contribution in [2.75, 3.05) is 6.54 Å². The van der Waals surface area contributed by atoms with Crippen LogP contribution in [0.3, 0.4) is 0 Å². The number of rotatable bonds is 6. The second-order valence-corrected chi connectivity index (χ2v) is 3.95. The molecule has 7 heteroatoms. The maximum Gasteiger partial charge on any atom is 0.326 e. The van der Waals surface area contributed by atoms with Gasteiger partial charge in [-0.2, -0.15) is 0 Å². The van der Waals surface area contributed by atoms with Crippen molar-refractivity contribution in [1.29, 1.82) is 0 Å². The zero-order valence-electron chi connectivity index (χ0n) is 8.60. The molecule has 90 valence electrons. The van der Waals surface area contributed by atoms with E-state index in [1.165, 1.54) is 0 Å². The molecule has 0 spiro atoms. The average Bonchev–Trinajstić information content (AvgIpc) is 2.96. The maximum atomic E-state index is 11.6. The monoisotopic (exact) mass is 230 g/mol. The van der Waals surface area contributed by atoms with Crippen LogP contribution in [0.2, 0.25) is 0 Å². The number of hydrogen-bond acceptors (Lipinski definition) is 4. The lowest BCUT2D eigenvalue weighted by molar-refractivity contribution is -0.147. The smallest absolute Gasteiger partial charge is 0.326 e. The lowest BCUT2D eigenvalue weighted by atomic mass is 10.1. The number of carbonyl (C=O) groups excluding carboxylic acids is 1. The summed E-state index contributed by atoms with van der Waals surface area (Å²) in [6.07, 6.45) is 0.602. The summed E-state index contributed by atoms with van der Waals surface area (Å²) in [4.78, 5) is 32.7. The van der Waals surface area contributed by atoms with E-state index in [0.717, 1.165) is 0 Å². The molecule has 7 nitrogen and oxygen atoms in total. The molecule has 0 radical (unpaired) electrons. The standard InChI is InChI=1S/C9H14N2O5/c10-4-9(1-2-9)8(16)11-5(7(14)15)3-6(12)13/h5H,1-4,10H2,(H,11,16)(H,12,13)(H,14,15). The molecule has 0 aromatic rings. The summed E-state index contributed by atoms with van der Waals surface area (Å²) in [7, 11) is 0. The first-order valence-electron chi connectivity index (χ1n) is 4.87. The molecule has 0 aromatic heterocycles. The fraction of sp³-hybridized carbons (Fsp3) is 0.667. The first kappa shape index (κ1) is 12.4. The molecule has 0 saturated heterocycles. The van der Waals surface area contributed by atoms with E-state index >= 15 is 0 Å². The number of carboxylic acid groups (broad SMARTS) is 2. The van der Waals surface area contributed by atoms with Crippen LogP contribution in [0, 0.1) is 5.41 Å². The predicted octanol–water partition coefficient (Wildman–Crippen LogP) is -1.23. The molecule has 1 amide bonds. The number of nitrogens with two attached hydrogens (primary N) is 1. The van der Waals surface area contributed by atoms with E-state index in [2.05, 4.69) is 5.32 Å². The van der Waals surface area contributed by atoms with E-state index in [4.69, 9.17) is 15.9 Å². The number of hydrogen-bond donors (Lipinski definition) is 4. The number of carboxylic acids is 2. The Hall–Kier alpha value is -1.63. The van der Waals surface area contributed by atoms with Gasteiger partial charge in [0, 0.05) is 6.54 Å². The molecule has 1 aliphatic rings. The molecule has 5 N–H and O–H groups in total. The van der Waals surface area contributed by atoms with Crippen LogP contribution in [0.15, 0.2) is 0 Å². The Morgan fingerprint density at radius 1 is 1.31 bits per heavy atom. The Kier molecular flexibility index (Phi) is 3.48. The summed E-state index contributed by atoms with van der Waals surface area (Å²) < 4.78 is 0. The third kappa shape index (κ3) is 2.69. The summed E-state index contributed by atoms with van der Waals surface area (Å²) in [6.45, 7) is 0.151. The van der Waals surface area contributed by atoms with E-state index in [1.807, 2.05) is 0 Å². The van der Waals surface area contributed by atoms with E-state index in [1.54, 1.807) is 0 Å². The normalized spacial score (nSPS) is 18.6. The van der Waals surface area contributed by atoms with Crippen molar-refractivity contribution in [1.82, 2.24) is 5.32 Å². The molecule has 0 heterocycles. The fourth-order valence-electron chi connectivity index (χ4n) is 1.36. The molecule has 1 saturated carbocycles.